The van der Waals surface area contributed by atoms with E-state index in [1.165, 1.54) is 6.08 Å². The van der Waals surface area contributed by atoms with E-state index in [1.54, 1.807) is 35.3 Å². The maximum Gasteiger partial charge on any atom is 0.436 e. The van der Waals surface area contributed by atoms with Crippen molar-refractivity contribution >= 4 is 11.0 Å². The predicted molar refractivity (Wildman–Crippen MR) is 80.8 cm³/mol. The molecule has 1 atom stereocenters. The summed E-state index contributed by atoms with van der Waals surface area (Å²) in [5.74, 6) is 0. The number of alkyl halides is 3. The van der Waals surface area contributed by atoms with Crippen molar-refractivity contribution in [3.8, 4) is 0 Å². The van der Waals surface area contributed by atoms with Crippen LogP contribution in [0.4, 0.5) is 13.2 Å². The molecule has 3 aromatic rings. The summed E-state index contributed by atoms with van der Waals surface area (Å²) < 4.78 is 40.6. The molecule has 9 heteroatoms. The summed E-state index contributed by atoms with van der Waals surface area (Å²) >= 11 is 0. The first-order valence-electron chi connectivity index (χ1n) is 6.82. The van der Waals surface area contributed by atoms with Gasteiger partial charge in [-0.05, 0) is 5.56 Å². The normalized spacial score (nSPS) is 13.1. The number of nitrogens with zero attached hydrogens (tertiary/aromatic N) is 2. The summed E-state index contributed by atoms with van der Waals surface area (Å²) in [5.41, 5.74) is -3.14. The molecule has 24 heavy (non-hydrogen) atoms. The van der Waals surface area contributed by atoms with E-state index >= 15 is 0 Å². The van der Waals surface area contributed by atoms with Gasteiger partial charge in [-0.3, -0.25) is 14.8 Å². The predicted octanol–water partition coefficient (Wildman–Crippen LogP) is 2.21. The zero-order valence-electron chi connectivity index (χ0n) is 12.1. The van der Waals surface area contributed by atoms with Crippen LogP contribution in [0.3, 0.4) is 0 Å². The highest BCUT2D eigenvalue weighted by Gasteiger charge is 2.39. The highest BCUT2D eigenvalue weighted by Crippen LogP contribution is 2.33. The van der Waals surface area contributed by atoms with Crippen LogP contribution in [0, 0.1) is 0 Å². The van der Waals surface area contributed by atoms with Gasteiger partial charge in [0.1, 0.15) is 11.0 Å². The number of aromatic amines is 2. The topological polar surface area (TPSA) is 83.5 Å². The van der Waals surface area contributed by atoms with E-state index in [1.807, 2.05) is 0 Å². The molecule has 0 aliphatic carbocycles. The van der Waals surface area contributed by atoms with Gasteiger partial charge in [0.05, 0.1) is 6.04 Å². The lowest BCUT2D eigenvalue weighted by atomic mass is 10.1. The highest BCUT2D eigenvalue weighted by molar-refractivity contribution is 5.78. The van der Waals surface area contributed by atoms with Crippen LogP contribution in [-0.4, -0.2) is 19.7 Å². The minimum atomic E-state index is -4.85. The van der Waals surface area contributed by atoms with Gasteiger partial charge in [0.2, 0.25) is 0 Å². The van der Waals surface area contributed by atoms with Gasteiger partial charge in [-0.25, -0.2) is 9.48 Å². The van der Waals surface area contributed by atoms with E-state index < -0.39 is 34.5 Å². The molecule has 124 valence electrons. The largest absolute Gasteiger partial charge is 0.436 e. The van der Waals surface area contributed by atoms with E-state index in [4.69, 9.17) is 0 Å². The van der Waals surface area contributed by atoms with Crippen LogP contribution in [0.5, 0.6) is 0 Å². The van der Waals surface area contributed by atoms with Crippen LogP contribution in [0.2, 0.25) is 0 Å². The van der Waals surface area contributed by atoms with Gasteiger partial charge in [0.15, 0.2) is 5.69 Å². The smallest absolute Gasteiger partial charge is 0.291 e. The number of hydrogen-bond donors (Lipinski definition) is 2. The van der Waals surface area contributed by atoms with Gasteiger partial charge in [-0.2, -0.15) is 18.3 Å². The molecule has 1 unspecified atom stereocenters. The minimum Gasteiger partial charge on any atom is -0.291 e. The first-order chi connectivity index (χ1) is 11.3. The second kappa shape index (κ2) is 5.52. The van der Waals surface area contributed by atoms with Gasteiger partial charge in [0.25, 0.3) is 5.56 Å². The van der Waals surface area contributed by atoms with Crippen LogP contribution in [0.15, 0.2) is 52.6 Å². The summed E-state index contributed by atoms with van der Waals surface area (Å²) in [4.78, 5) is 27.4. The third-order valence-electron chi connectivity index (χ3n) is 3.49. The standard InChI is InChI=1S/C15H11F3N4O2/c1-2-9(8-6-4-3-5-7-8)22-12-10(11(21-22)15(16,17)18)13(23)20-14(24)19-12/h2-7,9H,1H2,(H2,19,20,23,24). The molecule has 0 bridgehead atoms. The molecule has 1 aromatic carbocycles. The molecule has 0 fully saturated rings. The Balaban J connectivity index is 2.38. The molecule has 2 aromatic heterocycles. The van der Waals surface area contributed by atoms with E-state index in [-0.39, 0.29) is 5.65 Å². The van der Waals surface area contributed by atoms with E-state index in [0.29, 0.717) is 5.56 Å². The molecule has 0 radical (unpaired) electrons. The number of halogens is 3. The summed E-state index contributed by atoms with van der Waals surface area (Å²) in [6.07, 6.45) is -3.47. The molecule has 0 aliphatic heterocycles. The molecule has 6 nitrogen and oxygen atoms in total. The minimum absolute atomic E-state index is 0.315. The number of benzene rings is 1. The fourth-order valence-corrected chi connectivity index (χ4v) is 2.50. The van der Waals surface area contributed by atoms with Gasteiger partial charge in [-0.1, -0.05) is 36.4 Å². The van der Waals surface area contributed by atoms with Crippen LogP contribution in [0.25, 0.3) is 11.0 Å². The lowest BCUT2D eigenvalue weighted by molar-refractivity contribution is -0.140. The maximum absolute atomic E-state index is 13.2. The Labute approximate surface area is 132 Å². The van der Waals surface area contributed by atoms with Crippen LogP contribution >= 0.6 is 0 Å². The molecular weight excluding hydrogens is 325 g/mol. The van der Waals surface area contributed by atoms with Crippen molar-refractivity contribution in [2.75, 3.05) is 0 Å². The average molecular weight is 336 g/mol. The Kier molecular flexibility index (Phi) is 3.63. The number of allylic oxidation sites excluding steroid dienone is 1. The van der Waals surface area contributed by atoms with Crippen LogP contribution in [0.1, 0.15) is 17.3 Å². The maximum atomic E-state index is 13.2. The van der Waals surface area contributed by atoms with Crippen molar-refractivity contribution in [3.05, 3.63) is 75.1 Å². The van der Waals surface area contributed by atoms with E-state index in [0.717, 1.165) is 4.68 Å². The fourth-order valence-electron chi connectivity index (χ4n) is 2.50. The molecule has 0 amide bonds. The van der Waals surface area contributed by atoms with Crippen LogP contribution in [-0.2, 0) is 6.18 Å². The van der Waals surface area contributed by atoms with Crippen molar-refractivity contribution < 1.29 is 13.2 Å². The fraction of sp³-hybridized carbons (Fsp3) is 0.133. The van der Waals surface area contributed by atoms with Crippen LogP contribution < -0.4 is 11.2 Å². The number of rotatable bonds is 3. The summed E-state index contributed by atoms with van der Waals surface area (Å²) in [6, 6.07) is 7.73. The molecule has 3 rings (SSSR count). The van der Waals surface area contributed by atoms with Crippen molar-refractivity contribution in [2.24, 2.45) is 0 Å². The zero-order chi connectivity index (χ0) is 17.5. The quantitative estimate of drug-likeness (QED) is 0.719. The molecule has 0 saturated heterocycles. The first kappa shape index (κ1) is 15.8. The number of hydrogen-bond acceptors (Lipinski definition) is 3. The Hall–Kier alpha value is -3.10. The number of nitrogens with one attached hydrogen (secondary N) is 2. The van der Waals surface area contributed by atoms with Gasteiger partial charge < -0.3 is 0 Å². The zero-order valence-corrected chi connectivity index (χ0v) is 12.1. The van der Waals surface area contributed by atoms with Gasteiger partial charge >= 0.3 is 11.9 Å². The SMILES string of the molecule is C=CC(c1ccccc1)n1nc(C(F)(F)F)c2c(=O)[nH]c(=O)[nH]c21. The summed E-state index contributed by atoms with van der Waals surface area (Å²) in [5, 5.41) is 2.82. The van der Waals surface area contributed by atoms with Gasteiger partial charge in [-0.15, -0.1) is 6.58 Å². The second-order valence-corrected chi connectivity index (χ2v) is 5.01. The Morgan fingerprint density at radius 2 is 1.83 bits per heavy atom. The third kappa shape index (κ3) is 2.53. The Bertz CT molecular complexity index is 1020. The highest BCUT2D eigenvalue weighted by atomic mass is 19.4. The molecule has 0 aliphatic rings. The van der Waals surface area contributed by atoms with Crippen molar-refractivity contribution in [1.29, 1.82) is 0 Å². The molecule has 0 spiro atoms. The van der Waals surface area contributed by atoms with Crippen molar-refractivity contribution in [1.82, 2.24) is 19.7 Å². The summed E-state index contributed by atoms with van der Waals surface area (Å²) in [7, 11) is 0. The number of fused-ring (bicyclic) bond motifs is 1. The first-order valence-corrected chi connectivity index (χ1v) is 6.82. The lowest BCUT2D eigenvalue weighted by Gasteiger charge is -2.14. The molecule has 0 saturated carbocycles. The lowest BCUT2D eigenvalue weighted by Crippen LogP contribution is -2.24. The van der Waals surface area contributed by atoms with E-state index in [9.17, 15) is 22.8 Å². The second-order valence-electron chi connectivity index (χ2n) is 5.01. The number of H-pyrrole nitrogens is 2. The number of aromatic nitrogens is 4. The Morgan fingerprint density at radius 3 is 2.42 bits per heavy atom. The molecular formula is C15H11F3N4O2. The monoisotopic (exact) mass is 336 g/mol. The molecule has 2 heterocycles. The third-order valence-corrected chi connectivity index (χ3v) is 3.49. The van der Waals surface area contributed by atoms with E-state index in [2.05, 4.69) is 16.7 Å². The summed E-state index contributed by atoms with van der Waals surface area (Å²) in [6.45, 7) is 3.62. The molecule has 2 N–H and O–H groups in total. The average Bonchev–Trinajstić information content (AvgIpc) is 2.89. The van der Waals surface area contributed by atoms with Crippen molar-refractivity contribution in [3.63, 3.8) is 0 Å². The van der Waals surface area contributed by atoms with Gasteiger partial charge in [0, 0.05) is 0 Å². The van der Waals surface area contributed by atoms with Crippen molar-refractivity contribution in [2.45, 2.75) is 12.2 Å². The Morgan fingerprint density at radius 1 is 1.17 bits per heavy atom.